The Kier molecular flexibility index (Phi) is 4.57. The van der Waals surface area contributed by atoms with Gasteiger partial charge in [0.1, 0.15) is 13.7 Å². The predicted molar refractivity (Wildman–Crippen MR) is 102 cm³/mol. The molecule has 1 aliphatic heterocycles. The number of amides is 2. The summed E-state index contributed by atoms with van der Waals surface area (Å²) in [7, 11) is 1.79. The van der Waals surface area contributed by atoms with Gasteiger partial charge in [0, 0.05) is 12.1 Å². The molecule has 0 radical (unpaired) electrons. The molecular weight excluding hydrogens is 348 g/mol. The van der Waals surface area contributed by atoms with Crippen molar-refractivity contribution in [1.82, 2.24) is 10.8 Å². The lowest BCUT2D eigenvalue weighted by atomic mass is 9.96. The van der Waals surface area contributed by atoms with E-state index < -0.39 is 11.7 Å². The number of benzene rings is 2. The van der Waals surface area contributed by atoms with Crippen LogP contribution in [-0.4, -0.2) is 26.3 Å². The molecule has 2 amide bonds. The fraction of sp³-hybridized carbons (Fsp3) is 0.263. The van der Waals surface area contributed by atoms with Crippen molar-refractivity contribution in [2.75, 3.05) is 11.9 Å². The Morgan fingerprint density at radius 1 is 1.26 bits per heavy atom. The Morgan fingerprint density at radius 2 is 2.07 bits per heavy atom. The van der Waals surface area contributed by atoms with Crippen molar-refractivity contribution in [3.05, 3.63) is 52.8 Å². The standard InChI is InChI=1S/C19H19BFN3O3/c20-12-3-4-16(15(21)6-12)23-17-7-13-11(8-22-18(13)25)5-14(17)19(26)24-27-9-10-1-2-10/h3-7,10,23H,1-2,8-9,20H2,(H,22,25)(H,24,26). The molecule has 0 saturated heterocycles. The van der Waals surface area contributed by atoms with Crippen LogP contribution >= 0.6 is 0 Å². The van der Waals surface area contributed by atoms with Gasteiger partial charge in [-0.25, -0.2) is 9.87 Å². The molecule has 8 heteroatoms. The molecule has 0 unspecified atom stereocenters. The van der Waals surface area contributed by atoms with Crippen LogP contribution in [0.25, 0.3) is 0 Å². The quantitative estimate of drug-likeness (QED) is 0.529. The van der Waals surface area contributed by atoms with Crippen LogP contribution in [0.15, 0.2) is 30.3 Å². The minimum Gasteiger partial charge on any atom is -0.352 e. The zero-order valence-corrected chi connectivity index (χ0v) is 14.9. The lowest BCUT2D eigenvalue weighted by Crippen LogP contribution is -2.26. The van der Waals surface area contributed by atoms with Crippen LogP contribution in [-0.2, 0) is 11.4 Å². The lowest BCUT2D eigenvalue weighted by Gasteiger charge is -2.15. The van der Waals surface area contributed by atoms with Crippen molar-refractivity contribution in [3.8, 4) is 0 Å². The summed E-state index contributed by atoms with van der Waals surface area (Å²) in [5, 5.41) is 5.66. The maximum absolute atomic E-state index is 14.3. The monoisotopic (exact) mass is 367 g/mol. The molecule has 0 bridgehead atoms. The van der Waals surface area contributed by atoms with Gasteiger partial charge in [-0.1, -0.05) is 11.5 Å². The average molecular weight is 367 g/mol. The molecule has 6 nitrogen and oxygen atoms in total. The van der Waals surface area contributed by atoms with Crippen LogP contribution in [0.1, 0.15) is 39.1 Å². The minimum absolute atomic E-state index is 0.214. The van der Waals surface area contributed by atoms with E-state index in [1.54, 1.807) is 32.1 Å². The van der Waals surface area contributed by atoms with E-state index in [4.69, 9.17) is 4.84 Å². The number of anilines is 2. The van der Waals surface area contributed by atoms with Crippen molar-refractivity contribution in [1.29, 1.82) is 0 Å². The highest BCUT2D eigenvalue weighted by molar-refractivity contribution is 6.32. The normalized spacial score (nSPS) is 15.2. The number of carbonyl (C=O) groups excluding carboxylic acids is 2. The second-order valence-corrected chi connectivity index (χ2v) is 7.03. The highest BCUT2D eigenvalue weighted by Gasteiger charge is 2.25. The number of fused-ring (bicyclic) bond motifs is 1. The third-order valence-corrected chi connectivity index (χ3v) is 4.75. The Morgan fingerprint density at radius 3 is 2.81 bits per heavy atom. The number of halogens is 1. The molecule has 2 aromatic rings. The van der Waals surface area contributed by atoms with E-state index in [9.17, 15) is 14.0 Å². The van der Waals surface area contributed by atoms with E-state index >= 15 is 0 Å². The van der Waals surface area contributed by atoms with Crippen molar-refractivity contribution >= 4 is 36.5 Å². The first-order chi connectivity index (χ1) is 13.0. The van der Waals surface area contributed by atoms with Gasteiger partial charge in [-0.3, -0.25) is 14.4 Å². The smallest absolute Gasteiger partial charge is 0.276 e. The Labute approximate surface area is 156 Å². The Bertz CT molecular complexity index is 931. The van der Waals surface area contributed by atoms with Gasteiger partial charge in [0.2, 0.25) is 0 Å². The van der Waals surface area contributed by atoms with Crippen molar-refractivity contribution in [2.45, 2.75) is 19.4 Å². The van der Waals surface area contributed by atoms with Gasteiger partial charge >= 0.3 is 0 Å². The molecule has 2 aliphatic rings. The molecule has 0 spiro atoms. The zero-order chi connectivity index (χ0) is 19.0. The topological polar surface area (TPSA) is 79.5 Å². The fourth-order valence-corrected chi connectivity index (χ4v) is 3.00. The number of hydrogen-bond acceptors (Lipinski definition) is 4. The molecular formula is C19H19BFN3O3. The van der Waals surface area contributed by atoms with Crippen molar-refractivity contribution in [2.24, 2.45) is 5.92 Å². The van der Waals surface area contributed by atoms with Crippen LogP contribution in [0.3, 0.4) is 0 Å². The molecule has 27 heavy (non-hydrogen) atoms. The highest BCUT2D eigenvalue weighted by Crippen LogP contribution is 2.30. The van der Waals surface area contributed by atoms with E-state index in [2.05, 4.69) is 16.1 Å². The summed E-state index contributed by atoms with van der Waals surface area (Å²) in [4.78, 5) is 29.9. The summed E-state index contributed by atoms with van der Waals surface area (Å²) in [5.74, 6) is -0.579. The predicted octanol–water partition coefficient (Wildman–Crippen LogP) is 1.14. The largest absolute Gasteiger partial charge is 0.352 e. The van der Waals surface area contributed by atoms with E-state index in [1.807, 2.05) is 0 Å². The first-order valence-corrected chi connectivity index (χ1v) is 8.91. The summed E-state index contributed by atoms with van der Waals surface area (Å²) in [6, 6.07) is 7.98. The van der Waals surface area contributed by atoms with E-state index in [1.165, 1.54) is 6.07 Å². The molecule has 0 atom stereocenters. The third kappa shape index (κ3) is 3.80. The summed E-state index contributed by atoms with van der Waals surface area (Å²) in [6.07, 6.45) is 2.23. The van der Waals surface area contributed by atoms with Gasteiger partial charge in [-0.2, -0.15) is 0 Å². The van der Waals surface area contributed by atoms with Crippen molar-refractivity contribution < 1.29 is 18.8 Å². The molecule has 0 aromatic heterocycles. The van der Waals surface area contributed by atoms with E-state index in [-0.39, 0.29) is 11.6 Å². The van der Waals surface area contributed by atoms with Crippen molar-refractivity contribution in [3.63, 3.8) is 0 Å². The first kappa shape index (κ1) is 17.5. The fourth-order valence-electron chi connectivity index (χ4n) is 3.00. The maximum Gasteiger partial charge on any atom is 0.276 e. The molecule has 1 heterocycles. The van der Waals surface area contributed by atoms with Crippen LogP contribution in [0.5, 0.6) is 0 Å². The number of hydroxylamine groups is 1. The van der Waals surface area contributed by atoms with Gasteiger partial charge in [-0.05, 0) is 48.6 Å². The summed E-state index contributed by atoms with van der Waals surface area (Å²) < 4.78 is 14.3. The van der Waals surface area contributed by atoms with Crippen LogP contribution in [0.2, 0.25) is 0 Å². The Hall–Kier alpha value is -2.87. The molecule has 2 aromatic carbocycles. The molecule has 1 saturated carbocycles. The summed E-state index contributed by atoms with van der Waals surface area (Å²) >= 11 is 0. The minimum atomic E-state index is -0.437. The summed E-state index contributed by atoms with van der Waals surface area (Å²) in [6.45, 7) is 0.836. The maximum atomic E-state index is 14.3. The van der Waals surface area contributed by atoms with Crippen LogP contribution < -0.4 is 21.6 Å². The Balaban J connectivity index is 1.63. The molecule has 1 fully saturated rings. The SMILES string of the molecule is Bc1ccc(Nc2cc3c(cc2C(=O)NOCC2CC2)CNC3=O)c(F)c1. The molecule has 3 N–H and O–H groups in total. The van der Waals surface area contributed by atoms with Crippen LogP contribution in [0, 0.1) is 11.7 Å². The highest BCUT2D eigenvalue weighted by atomic mass is 19.1. The van der Waals surface area contributed by atoms with Gasteiger partial charge in [-0.15, -0.1) is 0 Å². The number of hydrogen-bond donors (Lipinski definition) is 3. The number of nitrogens with one attached hydrogen (secondary N) is 3. The molecule has 138 valence electrons. The average Bonchev–Trinajstić information content (AvgIpc) is 3.39. The van der Waals surface area contributed by atoms with Gasteiger partial charge < -0.3 is 10.6 Å². The summed E-state index contributed by atoms with van der Waals surface area (Å²) in [5.41, 5.74) is 5.30. The first-order valence-electron chi connectivity index (χ1n) is 8.91. The third-order valence-electron chi connectivity index (χ3n) is 4.75. The van der Waals surface area contributed by atoms with Crippen LogP contribution in [0.4, 0.5) is 15.8 Å². The van der Waals surface area contributed by atoms with E-state index in [0.29, 0.717) is 35.9 Å². The van der Waals surface area contributed by atoms with Gasteiger partial charge in [0.15, 0.2) is 0 Å². The van der Waals surface area contributed by atoms with Gasteiger partial charge in [0.25, 0.3) is 11.8 Å². The molecule has 1 aliphatic carbocycles. The second-order valence-electron chi connectivity index (χ2n) is 7.03. The molecule has 4 rings (SSSR count). The zero-order valence-electron chi connectivity index (χ0n) is 14.9. The van der Waals surface area contributed by atoms with E-state index in [0.717, 1.165) is 23.9 Å². The number of carbonyl (C=O) groups is 2. The number of rotatable bonds is 6. The second kappa shape index (κ2) is 7.04. The van der Waals surface area contributed by atoms with Gasteiger partial charge in [0.05, 0.1) is 23.5 Å². The lowest BCUT2D eigenvalue weighted by molar-refractivity contribution is 0.0271.